The van der Waals surface area contributed by atoms with Gasteiger partial charge in [0.05, 0.1) is 24.4 Å². The average Bonchev–Trinajstić information content (AvgIpc) is 3.20. The molecule has 0 radical (unpaired) electrons. The zero-order valence-corrected chi connectivity index (χ0v) is 17.9. The van der Waals surface area contributed by atoms with Crippen LogP contribution in [0.1, 0.15) is 13.9 Å². The molecule has 0 amide bonds. The summed E-state index contributed by atoms with van der Waals surface area (Å²) in [7, 11) is 0. The molecule has 7 nitrogen and oxygen atoms in total. The second kappa shape index (κ2) is 7.94. The summed E-state index contributed by atoms with van der Waals surface area (Å²) in [6.07, 6.45) is 1.62. The van der Waals surface area contributed by atoms with Gasteiger partial charge in [0, 0.05) is 39.0 Å². The molecule has 2 aromatic carbocycles. The van der Waals surface area contributed by atoms with E-state index in [2.05, 4.69) is 57.2 Å². The minimum atomic E-state index is -0.273. The van der Waals surface area contributed by atoms with E-state index in [-0.39, 0.29) is 12.8 Å². The first-order valence-electron chi connectivity index (χ1n) is 10.6. The van der Waals surface area contributed by atoms with Crippen molar-refractivity contribution in [1.29, 1.82) is 0 Å². The topological polar surface area (TPSA) is 58.5 Å². The zero-order valence-electron chi connectivity index (χ0n) is 17.9. The molecule has 0 spiro atoms. The van der Waals surface area contributed by atoms with Gasteiger partial charge in [-0.05, 0) is 61.9 Å². The van der Waals surface area contributed by atoms with Crippen LogP contribution in [-0.4, -0.2) is 64.6 Å². The van der Waals surface area contributed by atoms with E-state index in [1.165, 1.54) is 23.4 Å². The predicted molar refractivity (Wildman–Crippen MR) is 121 cm³/mol. The molecule has 8 heteroatoms. The van der Waals surface area contributed by atoms with Gasteiger partial charge in [-0.3, -0.25) is 4.90 Å². The highest BCUT2D eigenvalue weighted by molar-refractivity contribution is 5.64. The maximum absolute atomic E-state index is 13.2. The quantitative estimate of drug-likeness (QED) is 0.675. The second-order valence-corrected chi connectivity index (χ2v) is 8.64. The summed E-state index contributed by atoms with van der Waals surface area (Å²) in [6, 6.07) is 12.6. The zero-order chi connectivity index (χ0) is 21.4. The number of aryl methyl sites for hydroxylation is 1. The third kappa shape index (κ3) is 4.13. The van der Waals surface area contributed by atoms with Crippen LogP contribution in [0.2, 0.25) is 0 Å². The Morgan fingerprint density at radius 2 is 1.77 bits per heavy atom. The van der Waals surface area contributed by atoms with Crippen LogP contribution >= 0.6 is 0 Å². The number of halogens is 1. The number of aromatic nitrogens is 3. The first-order valence-corrected chi connectivity index (χ1v) is 10.6. The number of nitrogens with zero attached hydrogens (tertiary/aromatic N) is 5. The first kappa shape index (κ1) is 20.0. The van der Waals surface area contributed by atoms with E-state index in [4.69, 9.17) is 4.74 Å². The number of rotatable bonds is 5. The molecule has 0 saturated carbocycles. The van der Waals surface area contributed by atoms with E-state index in [0.29, 0.717) is 5.95 Å². The fourth-order valence-corrected chi connectivity index (χ4v) is 4.27. The third-order valence-electron chi connectivity index (χ3n) is 6.14. The molecule has 31 heavy (non-hydrogen) atoms. The van der Waals surface area contributed by atoms with Gasteiger partial charge >= 0.3 is 0 Å². The van der Waals surface area contributed by atoms with Gasteiger partial charge in [0.15, 0.2) is 0 Å². The lowest BCUT2D eigenvalue weighted by Crippen LogP contribution is -2.64. The van der Waals surface area contributed by atoms with Crippen LogP contribution in [0, 0.1) is 12.7 Å². The Bertz CT molecular complexity index is 1060. The van der Waals surface area contributed by atoms with Crippen molar-refractivity contribution in [2.45, 2.75) is 19.4 Å². The molecule has 3 heterocycles. The molecule has 3 aromatic rings. The number of hydrogen-bond acceptors (Lipinski definition) is 6. The highest BCUT2D eigenvalue weighted by Crippen LogP contribution is 2.29. The van der Waals surface area contributed by atoms with Crippen LogP contribution in [0.5, 0.6) is 0 Å². The van der Waals surface area contributed by atoms with Gasteiger partial charge in [0.25, 0.3) is 0 Å². The van der Waals surface area contributed by atoms with Crippen LogP contribution in [0.4, 0.5) is 21.7 Å². The summed E-state index contributed by atoms with van der Waals surface area (Å²) in [6.45, 7) is 10.1. The first-order chi connectivity index (χ1) is 15.0. The van der Waals surface area contributed by atoms with E-state index >= 15 is 0 Å². The van der Waals surface area contributed by atoms with E-state index in [1.54, 1.807) is 23.1 Å². The highest BCUT2D eigenvalue weighted by Gasteiger charge is 2.40. The van der Waals surface area contributed by atoms with Gasteiger partial charge in [0.2, 0.25) is 5.95 Å². The third-order valence-corrected chi connectivity index (χ3v) is 6.14. The normalized spacial score (nSPS) is 18.6. The van der Waals surface area contributed by atoms with Crippen molar-refractivity contribution in [2.24, 2.45) is 0 Å². The van der Waals surface area contributed by atoms with Crippen LogP contribution in [0.3, 0.4) is 0 Å². The summed E-state index contributed by atoms with van der Waals surface area (Å²) < 4.78 is 20.2. The van der Waals surface area contributed by atoms with Crippen molar-refractivity contribution in [2.75, 3.05) is 49.6 Å². The van der Waals surface area contributed by atoms with Crippen molar-refractivity contribution >= 4 is 17.3 Å². The Morgan fingerprint density at radius 1 is 1.03 bits per heavy atom. The van der Waals surface area contributed by atoms with Crippen molar-refractivity contribution in [3.05, 3.63) is 60.2 Å². The SMILES string of the molecule is Cc1cc(Nc2ncn(-c3ccc(F)cc3)n2)cc(N2CCN(C3(C)COC3)CC2)c1.[HH]. The summed E-state index contributed by atoms with van der Waals surface area (Å²) in [5.74, 6) is 0.231. The Hall–Kier alpha value is -2.97. The molecule has 1 N–H and O–H groups in total. The van der Waals surface area contributed by atoms with Gasteiger partial charge in [-0.15, -0.1) is 5.10 Å². The highest BCUT2D eigenvalue weighted by atomic mass is 19.1. The summed E-state index contributed by atoms with van der Waals surface area (Å²) >= 11 is 0. The Morgan fingerprint density at radius 3 is 2.45 bits per heavy atom. The van der Waals surface area contributed by atoms with Crippen molar-refractivity contribution in [1.82, 2.24) is 19.7 Å². The lowest BCUT2D eigenvalue weighted by atomic mass is 9.97. The van der Waals surface area contributed by atoms with Crippen molar-refractivity contribution < 1.29 is 10.6 Å². The number of anilines is 3. The molecule has 0 aliphatic carbocycles. The standard InChI is InChI=1S/C23H27FN6O.H2/c1-17-11-19(26-22-25-16-30(27-22)20-5-3-18(24)4-6-20)13-21(12-17)28-7-9-29(10-8-28)23(2)14-31-15-23;/h3-6,11-13,16H,7-10,14-15H2,1-2H3,(H,26,27);1H. The maximum Gasteiger partial charge on any atom is 0.246 e. The molecule has 164 valence electrons. The minimum Gasteiger partial charge on any atom is -0.377 e. The van der Waals surface area contributed by atoms with Crippen molar-refractivity contribution in [3.8, 4) is 5.69 Å². The predicted octanol–water partition coefficient (Wildman–Crippen LogP) is 3.62. The number of ether oxygens (including phenoxy) is 1. The fourth-order valence-electron chi connectivity index (χ4n) is 4.27. The van der Waals surface area contributed by atoms with E-state index in [0.717, 1.165) is 50.8 Å². The van der Waals surface area contributed by atoms with Gasteiger partial charge in [-0.25, -0.2) is 9.07 Å². The summed E-state index contributed by atoms with van der Waals surface area (Å²) in [5.41, 5.74) is 4.30. The molecular weight excluding hydrogens is 395 g/mol. The van der Waals surface area contributed by atoms with E-state index in [1.807, 2.05) is 0 Å². The molecule has 2 fully saturated rings. The number of hydrogen-bond donors (Lipinski definition) is 1. The van der Waals surface area contributed by atoms with E-state index < -0.39 is 0 Å². The molecule has 0 bridgehead atoms. The molecule has 2 saturated heterocycles. The number of nitrogens with one attached hydrogen (secondary N) is 1. The lowest BCUT2D eigenvalue weighted by Gasteiger charge is -2.50. The molecule has 2 aliphatic rings. The fraction of sp³-hybridized carbons (Fsp3) is 0.391. The van der Waals surface area contributed by atoms with Crippen LogP contribution in [0.25, 0.3) is 5.69 Å². The van der Waals surface area contributed by atoms with Gasteiger partial charge in [-0.1, -0.05) is 0 Å². The number of benzene rings is 2. The lowest BCUT2D eigenvalue weighted by molar-refractivity contribution is -0.131. The summed E-state index contributed by atoms with van der Waals surface area (Å²) in [4.78, 5) is 9.33. The molecule has 0 atom stereocenters. The monoisotopic (exact) mass is 424 g/mol. The van der Waals surface area contributed by atoms with E-state index in [9.17, 15) is 4.39 Å². The van der Waals surface area contributed by atoms with Gasteiger partial charge < -0.3 is 15.0 Å². The molecule has 2 aliphatic heterocycles. The molecule has 5 rings (SSSR count). The Balaban J connectivity index is 0.00000245. The van der Waals surface area contributed by atoms with Crippen LogP contribution in [-0.2, 0) is 4.74 Å². The van der Waals surface area contributed by atoms with Gasteiger partial charge in [-0.2, -0.15) is 4.98 Å². The second-order valence-electron chi connectivity index (χ2n) is 8.64. The van der Waals surface area contributed by atoms with Crippen molar-refractivity contribution in [3.63, 3.8) is 0 Å². The van der Waals surface area contributed by atoms with Crippen LogP contribution in [0.15, 0.2) is 48.8 Å². The maximum atomic E-state index is 13.2. The average molecular weight is 425 g/mol. The smallest absolute Gasteiger partial charge is 0.246 e. The summed E-state index contributed by atoms with van der Waals surface area (Å²) in [5, 5.41) is 7.78. The number of piperazine rings is 1. The van der Waals surface area contributed by atoms with Gasteiger partial charge in [0.1, 0.15) is 12.1 Å². The Kier molecular flexibility index (Phi) is 5.11. The minimum absolute atomic E-state index is 0. The molecular formula is C23H29FN6O. The largest absolute Gasteiger partial charge is 0.377 e. The Labute approximate surface area is 182 Å². The van der Waals surface area contributed by atoms with Crippen LogP contribution < -0.4 is 10.2 Å². The molecule has 0 unspecified atom stereocenters. The molecule has 1 aromatic heterocycles.